The summed E-state index contributed by atoms with van der Waals surface area (Å²) in [4.78, 5) is 23.2. The van der Waals surface area contributed by atoms with Crippen LogP contribution in [0.4, 0.5) is 0 Å². The minimum Gasteiger partial charge on any atom is -0.501 e. The molecule has 5 nitrogen and oxygen atoms in total. The van der Waals surface area contributed by atoms with Crippen molar-refractivity contribution in [3.8, 4) is 0 Å². The number of aliphatic hydroxyl groups is 2. The van der Waals surface area contributed by atoms with Gasteiger partial charge in [-0.2, -0.15) is 0 Å². The number of ketones is 2. The number of Topliss-reactive ketones (excluding diaryl/α,β-unsaturated/α-hetero) is 2. The summed E-state index contributed by atoms with van der Waals surface area (Å²) in [5.41, 5.74) is 0.752. The van der Waals surface area contributed by atoms with Gasteiger partial charge < -0.3 is 14.9 Å². The zero-order chi connectivity index (χ0) is 13.5. The number of rotatable bonds is 3. The summed E-state index contributed by atoms with van der Waals surface area (Å²) in [6, 6.07) is 4.48. The van der Waals surface area contributed by atoms with E-state index >= 15 is 0 Å². The molecule has 2 N–H and O–H groups in total. The van der Waals surface area contributed by atoms with Crippen LogP contribution in [0.2, 0.25) is 0 Å². The predicted molar refractivity (Wildman–Crippen MR) is 62.1 cm³/mol. The fourth-order valence-corrected chi connectivity index (χ4v) is 1.87. The van der Waals surface area contributed by atoms with Gasteiger partial charge in [0, 0.05) is 17.5 Å². The molecule has 0 bridgehead atoms. The molecule has 2 rings (SSSR count). The van der Waals surface area contributed by atoms with Crippen molar-refractivity contribution in [3.63, 3.8) is 0 Å². The number of methoxy groups -OCH3 is 1. The molecular weight excluding hydrogens is 236 g/mol. The zero-order valence-corrected chi connectivity index (χ0v) is 9.77. The van der Waals surface area contributed by atoms with Crippen LogP contribution in [0.15, 0.2) is 30.5 Å². The molecular formula is C13H12O5. The summed E-state index contributed by atoms with van der Waals surface area (Å²) in [5.74, 6) is -4.41. The monoisotopic (exact) mass is 248 g/mol. The van der Waals surface area contributed by atoms with Gasteiger partial charge >= 0.3 is 0 Å². The zero-order valence-electron chi connectivity index (χ0n) is 9.77. The smallest absolute Gasteiger partial charge is 0.295 e. The van der Waals surface area contributed by atoms with Gasteiger partial charge in [0.1, 0.15) is 0 Å². The molecule has 0 radical (unpaired) electrons. The van der Waals surface area contributed by atoms with Gasteiger partial charge in [0.2, 0.25) is 11.6 Å². The second kappa shape index (κ2) is 4.04. The lowest BCUT2D eigenvalue weighted by molar-refractivity contribution is -0.0857. The highest BCUT2D eigenvalue weighted by Gasteiger charge is 2.50. The molecule has 0 atom stereocenters. The molecule has 0 saturated heterocycles. The molecule has 5 heteroatoms. The van der Waals surface area contributed by atoms with E-state index in [1.165, 1.54) is 19.2 Å². The number of benzene rings is 1. The van der Waals surface area contributed by atoms with Crippen LogP contribution in [0.5, 0.6) is 0 Å². The van der Waals surface area contributed by atoms with E-state index < -0.39 is 17.4 Å². The largest absolute Gasteiger partial charge is 0.501 e. The predicted octanol–water partition coefficient (Wildman–Crippen LogP) is 0.449. The third-order valence-electron chi connectivity index (χ3n) is 2.90. The fraction of sp³-hybridized carbons (Fsp3) is 0.231. The fourth-order valence-electron chi connectivity index (χ4n) is 1.87. The Labute approximate surface area is 103 Å². The Hall–Kier alpha value is -1.98. The van der Waals surface area contributed by atoms with E-state index in [0.717, 1.165) is 0 Å². The number of hydrogen-bond acceptors (Lipinski definition) is 5. The topological polar surface area (TPSA) is 83.8 Å². The molecule has 0 unspecified atom stereocenters. The molecule has 0 aromatic heterocycles. The van der Waals surface area contributed by atoms with Crippen LogP contribution in [0.25, 0.3) is 0 Å². The van der Waals surface area contributed by atoms with E-state index in [1.807, 2.05) is 0 Å². The first-order valence-corrected chi connectivity index (χ1v) is 5.27. The standard InChI is InChI=1S/C13H12O5/c1-7(18-2)5-8-3-4-9-10(6-8)12(15)13(16,17)11(9)14/h3-4,6,16-17H,1,5H2,2H3. The summed E-state index contributed by atoms with van der Waals surface area (Å²) in [6.07, 6.45) is 0.384. The van der Waals surface area contributed by atoms with E-state index in [2.05, 4.69) is 6.58 Å². The summed E-state index contributed by atoms with van der Waals surface area (Å²) in [7, 11) is 1.48. The number of allylic oxidation sites excluding steroid dienone is 1. The Bertz CT molecular complexity index is 557. The summed E-state index contributed by atoms with van der Waals surface area (Å²) in [5, 5.41) is 18.8. The molecule has 1 aliphatic rings. The normalized spacial score (nSPS) is 16.6. The first kappa shape index (κ1) is 12.5. The van der Waals surface area contributed by atoms with Gasteiger partial charge in [0.25, 0.3) is 5.79 Å². The maximum atomic E-state index is 11.7. The summed E-state index contributed by atoms with van der Waals surface area (Å²) < 4.78 is 4.92. The van der Waals surface area contributed by atoms with Gasteiger partial charge in [-0.05, 0) is 11.6 Å². The minimum atomic E-state index is -2.93. The summed E-state index contributed by atoms with van der Waals surface area (Å²) >= 11 is 0. The molecule has 0 amide bonds. The maximum absolute atomic E-state index is 11.7. The van der Waals surface area contributed by atoms with Crippen LogP contribution in [0.3, 0.4) is 0 Å². The van der Waals surface area contributed by atoms with Crippen LogP contribution in [-0.4, -0.2) is 34.7 Å². The van der Waals surface area contributed by atoms with E-state index in [1.54, 1.807) is 6.07 Å². The van der Waals surface area contributed by atoms with Crippen LogP contribution in [-0.2, 0) is 11.2 Å². The van der Waals surface area contributed by atoms with Crippen molar-refractivity contribution in [3.05, 3.63) is 47.2 Å². The molecule has 0 heterocycles. The van der Waals surface area contributed by atoms with Gasteiger partial charge in [-0.1, -0.05) is 18.7 Å². The Morgan fingerprint density at radius 2 is 1.89 bits per heavy atom. The van der Waals surface area contributed by atoms with Crippen molar-refractivity contribution in [1.82, 2.24) is 0 Å². The molecule has 0 fully saturated rings. The van der Waals surface area contributed by atoms with Crippen LogP contribution >= 0.6 is 0 Å². The van der Waals surface area contributed by atoms with E-state index in [4.69, 9.17) is 4.74 Å². The average molecular weight is 248 g/mol. The molecule has 0 saturated carbocycles. The van der Waals surface area contributed by atoms with Gasteiger partial charge in [-0.15, -0.1) is 0 Å². The average Bonchev–Trinajstić information content (AvgIpc) is 2.51. The van der Waals surface area contributed by atoms with Crippen LogP contribution in [0.1, 0.15) is 26.3 Å². The lowest BCUT2D eigenvalue weighted by Gasteiger charge is -2.08. The van der Waals surface area contributed by atoms with Crippen molar-refractivity contribution in [2.24, 2.45) is 0 Å². The first-order valence-electron chi connectivity index (χ1n) is 5.27. The second-order valence-electron chi connectivity index (χ2n) is 4.13. The highest BCUT2D eigenvalue weighted by Crippen LogP contribution is 2.29. The van der Waals surface area contributed by atoms with Gasteiger partial charge in [0.15, 0.2) is 0 Å². The Morgan fingerprint density at radius 3 is 2.50 bits per heavy atom. The molecule has 94 valence electrons. The second-order valence-corrected chi connectivity index (χ2v) is 4.13. The van der Waals surface area contributed by atoms with Crippen molar-refractivity contribution in [2.75, 3.05) is 7.11 Å². The lowest BCUT2D eigenvalue weighted by Crippen LogP contribution is -2.40. The summed E-state index contributed by atoms with van der Waals surface area (Å²) in [6.45, 7) is 3.65. The molecule has 1 aromatic carbocycles. The third kappa shape index (κ3) is 1.73. The number of hydrogen-bond donors (Lipinski definition) is 2. The molecule has 0 aliphatic heterocycles. The quantitative estimate of drug-likeness (QED) is 0.461. The molecule has 18 heavy (non-hydrogen) atoms. The minimum absolute atomic E-state index is 0.0198. The Morgan fingerprint density at radius 1 is 1.28 bits per heavy atom. The van der Waals surface area contributed by atoms with Gasteiger partial charge in [0.05, 0.1) is 12.9 Å². The lowest BCUT2D eigenvalue weighted by atomic mass is 10.0. The molecule has 1 aromatic rings. The third-order valence-corrected chi connectivity index (χ3v) is 2.90. The maximum Gasteiger partial charge on any atom is 0.295 e. The van der Waals surface area contributed by atoms with Crippen molar-refractivity contribution in [2.45, 2.75) is 12.2 Å². The highest BCUT2D eigenvalue weighted by atomic mass is 16.5. The van der Waals surface area contributed by atoms with E-state index in [9.17, 15) is 19.8 Å². The van der Waals surface area contributed by atoms with Gasteiger partial charge in [-0.25, -0.2) is 0 Å². The van der Waals surface area contributed by atoms with E-state index in [0.29, 0.717) is 17.7 Å². The number of carbonyl (C=O) groups excluding carboxylic acids is 2. The van der Waals surface area contributed by atoms with Crippen molar-refractivity contribution in [1.29, 1.82) is 0 Å². The van der Waals surface area contributed by atoms with Crippen LogP contribution in [0, 0.1) is 0 Å². The van der Waals surface area contributed by atoms with Gasteiger partial charge in [-0.3, -0.25) is 9.59 Å². The first-order chi connectivity index (χ1) is 8.37. The van der Waals surface area contributed by atoms with Crippen molar-refractivity contribution < 1.29 is 24.5 Å². The van der Waals surface area contributed by atoms with Crippen molar-refractivity contribution >= 4 is 11.6 Å². The number of carbonyl (C=O) groups is 2. The molecule has 1 aliphatic carbocycles. The Kier molecular flexibility index (Phi) is 2.80. The van der Waals surface area contributed by atoms with E-state index in [-0.39, 0.29) is 11.1 Å². The molecule has 0 spiro atoms. The number of fused-ring (bicyclic) bond motifs is 1. The Balaban J connectivity index is 2.42. The number of ether oxygens (including phenoxy) is 1. The van der Waals surface area contributed by atoms with Crippen LogP contribution < -0.4 is 0 Å². The SMILES string of the molecule is C=C(Cc1ccc2c(c1)C(=O)C(O)(O)C2=O)OC. The highest BCUT2D eigenvalue weighted by molar-refractivity contribution is 6.30.